The summed E-state index contributed by atoms with van der Waals surface area (Å²) in [5.41, 5.74) is 7.49. The van der Waals surface area contributed by atoms with E-state index in [-0.39, 0.29) is 5.92 Å². The number of fused-ring (bicyclic) bond motifs is 1. The lowest BCUT2D eigenvalue weighted by molar-refractivity contribution is 0.329. The van der Waals surface area contributed by atoms with Gasteiger partial charge < -0.3 is 5.73 Å². The highest BCUT2D eigenvalue weighted by Crippen LogP contribution is 2.41. The van der Waals surface area contributed by atoms with Crippen molar-refractivity contribution in [3.8, 4) is 0 Å². The van der Waals surface area contributed by atoms with E-state index >= 15 is 0 Å². The Kier molecular flexibility index (Phi) is 1.85. The van der Waals surface area contributed by atoms with Gasteiger partial charge in [0.15, 0.2) is 0 Å². The molecule has 0 heterocycles. The van der Waals surface area contributed by atoms with Crippen molar-refractivity contribution >= 4 is 0 Å². The molecular formula is C10H12FN. The van der Waals surface area contributed by atoms with E-state index in [1.165, 1.54) is 0 Å². The third kappa shape index (κ3) is 1.03. The van der Waals surface area contributed by atoms with Gasteiger partial charge in [-0.1, -0.05) is 24.3 Å². The molecule has 2 N–H and O–H groups in total. The average molecular weight is 165 g/mol. The summed E-state index contributed by atoms with van der Waals surface area (Å²) >= 11 is 0. The lowest BCUT2D eigenvalue weighted by Gasteiger charge is -2.05. The number of alkyl halides is 1. The first-order valence-electron chi connectivity index (χ1n) is 4.26. The summed E-state index contributed by atoms with van der Waals surface area (Å²) in [7, 11) is 0. The molecule has 0 aliphatic heterocycles. The van der Waals surface area contributed by atoms with E-state index in [1.54, 1.807) is 0 Å². The van der Waals surface area contributed by atoms with Crippen molar-refractivity contribution in [2.45, 2.75) is 18.5 Å². The Morgan fingerprint density at radius 2 is 2.00 bits per heavy atom. The lowest BCUT2D eigenvalue weighted by atomic mass is 10.0. The molecule has 0 spiro atoms. The van der Waals surface area contributed by atoms with Crippen molar-refractivity contribution in [2.75, 3.05) is 6.54 Å². The van der Waals surface area contributed by atoms with Crippen LogP contribution >= 0.6 is 0 Å². The highest BCUT2D eigenvalue weighted by atomic mass is 19.1. The topological polar surface area (TPSA) is 26.0 Å². The van der Waals surface area contributed by atoms with Crippen LogP contribution in [-0.4, -0.2) is 6.54 Å². The maximum atomic E-state index is 13.3. The minimum atomic E-state index is -0.797. The van der Waals surface area contributed by atoms with Gasteiger partial charge in [0.05, 0.1) is 0 Å². The molecule has 0 aromatic heterocycles. The molecule has 2 atom stereocenters. The van der Waals surface area contributed by atoms with Crippen LogP contribution in [0.25, 0.3) is 0 Å². The number of nitrogens with two attached hydrogens (primary N) is 1. The Bertz CT molecular complexity index is 285. The monoisotopic (exact) mass is 165 g/mol. The molecule has 12 heavy (non-hydrogen) atoms. The van der Waals surface area contributed by atoms with E-state index in [0.717, 1.165) is 11.1 Å². The van der Waals surface area contributed by atoms with E-state index in [2.05, 4.69) is 0 Å². The zero-order valence-corrected chi connectivity index (χ0v) is 6.83. The standard InChI is InChI=1S/C10H12FN/c11-10-5-7(6-12)8-3-1-2-4-9(8)10/h1-4,7,10H,5-6,12H2. The zero-order chi connectivity index (χ0) is 8.55. The molecule has 1 aromatic rings. The van der Waals surface area contributed by atoms with Gasteiger partial charge in [0.2, 0.25) is 0 Å². The van der Waals surface area contributed by atoms with Gasteiger partial charge in [-0.2, -0.15) is 0 Å². The van der Waals surface area contributed by atoms with Gasteiger partial charge in [0.1, 0.15) is 6.17 Å². The van der Waals surface area contributed by atoms with Crippen molar-refractivity contribution in [1.82, 2.24) is 0 Å². The van der Waals surface area contributed by atoms with Crippen LogP contribution in [0.4, 0.5) is 4.39 Å². The predicted octanol–water partition coefficient (Wildman–Crippen LogP) is 2.14. The highest BCUT2D eigenvalue weighted by Gasteiger charge is 2.29. The van der Waals surface area contributed by atoms with Gasteiger partial charge in [0, 0.05) is 0 Å². The summed E-state index contributed by atoms with van der Waals surface area (Å²) < 4.78 is 13.3. The fourth-order valence-corrected chi connectivity index (χ4v) is 1.89. The lowest BCUT2D eigenvalue weighted by Crippen LogP contribution is -2.09. The fourth-order valence-electron chi connectivity index (χ4n) is 1.89. The molecule has 0 amide bonds. The number of hydrogen-bond donors (Lipinski definition) is 1. The third-order valence-corrected chi connectivity index (χ3v) is 2.55. The molecule has 1 nitrogen and oxygen atoms in total. The van der Waals surface area contributed by atoms with Crippen molar-refractivity contribution in [3.05, 3.63) is 35.4 Å². The Balaban J connectivity index is 2.43. The Morgan fingerprint density at radius 3 is 2.67 bits per heavy atom. The summed E-state index contributed by atoms with van der Waals surface area (Å²) in [4.78, 5) is 0. The van der Waals surface area contributed by atoms with E-state index < -0.39 is 6.17 Å². The Morgan fingerprint density at radius 1 is 1.33 bits per heavy atom. The number of halogens is 1. The molecule has 0 bridgehead atoms. The molecule has 64 valence electrons. The minimum Gasteiger partial charge on any atom is -0.330 e. The molecule has 1 aliphatic rings. The second kappa shape index (κ2) is 2.87. The highest BCUT2D eigenvalue weighted by molar-refractivity contribution is 5.37. The smallest absolute Gasteiger partial charge is 0.126 e. The average Bonchev–Trinajstić information content (AvgIpc) is 2.44. The number of rotatable bonds is 1. The van der Waals surface area contributed by atoms with Gasteiger partial charge in [-0.3, -0.25) is 0 Å². The largest absolute Gasteiger partial charge is 0.330 e. The number of hydrogen-bond acceptors (Lipinski definition) is 1. The van der Waals surface area contributed by atoms with Crippen LogP contribution in [0.5, 0.6) is 0 Å². The van der Waals surface area contributed by atoms with Gasteiger partial charge in [-0.15, -0.1) is 0 Å². The predicted molar refractivity (Wildman–Crippen MR) is 46.7 cm³/mol. The summed E-state index contributed by atoms with van der Waals surface area (Å²) in [5, 5.41) is 0. The molecule has 2 heteroatoms. The molecular weight excluding hydrogens is 153 g/mol. The summed E-state index contributed by atoms with van der Waals surface area (Å²) in [5.74, 6) is 0.233. The summed E-state index contributed by atoms with van der Waals surface area (Å²) in [6.45, 7) is 0.553. The van der Waals surface area contributed by atoms with Crippen LogP contribution < -0.4 is 5.73 Å². The van der Waals surface area contributed by atoms with Crippen molar-refractivity contribution in [1.29, 1.82) is 0 Å². The molecule has 0 fully saturated rings. The third-order valence-electron chi connectivity index (χ3n) is 2.55. The molecule has 2 unspecified atom stereocenters. The van der Waals surface area contributed by atoms with Crippen molar-refractivity contribution in [2.24, 2.45) is 5.73 Å². The molecule has 1 aliphatic carbocycles. The maximum absolute atomic E-state index is 13.3. The van der Waals surface area contributed by atoms with Crippen LogP contribution in [0.1, 0.15) is 29.6 Å². The fraction of sp³-hybridized carbons (Fsp3) is 0.400. The van der Waals surface area contributed by atoms with Crippen molar-refractivity contribution in [3.63, 3.8) is 0 Å². The first kappa shape index (κ1) is 7.74. The summed E-state index contributed by atoms with van der Waals surface area (Å²) in [6, 6.07) is 7.66. The van der Waals surface area contributed by atoms with Crippen LogP contribution in [0.15, 0.2) is 24.3 Å². The minimum absolute atomic E-state index is 0.233. The van der Waals surface area contributed by atoms with Gasteiger partial charge in [0.25, 0.3) is 0 Å². The Hall–Kier alpha value is -0.890. The van der Waals surface area contributed by atoms with Crippen LogP contribution in [0.3, 0.4) is 0 Å². The van der Waals surface area contributed by atoms with Crippen LogP contribution in [0, 0.1) is 0 Å². The Labute approximate surface area is 71.4 Å². The van der Waals surface area contributed by atoms with E-state index in [1.807, 2.05) is 24.3 Å². The van der Waals surface area contributed by atoms with Gasteiger partial charge >= 0.3 is 0 Å². The maximum Gasteiger partial charge on any atom is 0.126 e. The normalized spacial score (nSPS) is 27.2. The second-order valence-electron chi connectivity index (χ2n) is 3.26. The SMILES string of the molecule is NCC1CC(F)c2ccccc21. The molecule has 0 saturated heterocycles. The van der Waals surface area contributed by atoms with Crippen LogP contribution in [-0.2, 0) is 0 Å². The molecule has 0 radical (unpaired) electrons. The zero-order valence-electron chi connectivity index (χ0n) is 6.83. The first-order valence-corrected chi connectivity index (χ1v) is 4.26. The molecule has 0 saturated carbocycles. The van der Waals surface area contributed by atoms with Crippen molar-refractivity contribution < 1.29 is 4.39 Å². The first-order chi connectivity index (χ1) is 5.83. The van der Waals surface area contributed by atoms with E-state index in [9.17, 15) is 4.39 Å². The molecule has 2 rings (SSSR count). The van der Waals surface area contributed by atoms with Gasteiger partial charge in [-0.05, 0) is 30.0 Å². The van der Waals surface area contributed by atoms with Gasteiger partial charge in [-0.25, -0.2) is 4.39 Å². The second-order valence-corrected chi connectivity index (χ2v) is 3.26. The van der Waals surface area contributed by atoms with E-state index in [0.29, 0.717) is 13.0 Å². The van der Waals surface area contributed by atoms with E-state index in [4.69, 9.17) is 5.73 Å². The quantitative estimate of drug-likeness (QED) is 0.677. The van der Waals surface area contributed by atoms with Crippen LogP contribution in [0.2, 0.25) is 0 Å². The summed E-state index contributed by atoms with van der Waals surface area (Å²) in [6.07, 6.45) is -0.231. The molecule has 1 aromatic carbocycles. The number of benzene rings is 1.